The fourth-order valence-electron chi connectivity index (χ4n) is 4.85. The topological polar surface area (TPSA) is 100 Å². The van der Waals surface area contributed by atoms with Crippen LogP contribution in [0.3, 0.4) is 0 Å². The van der Waals surface area contributed by atoms with Crippen LogP contribution < -0.4 is 14.2 Å². The summed E-state index contributed by atoms with van der Waals surface area (Å²) in [4.78, 5) is 30.4. The molecule has 0 radical (unpaired) electrons. The van der Waals surface area contributed by atoms with Gasteiger partial charge in [0, 0.05) is 30.6 Å². The molecule has 1 amide bonds. The van der Waals surface area contributed by atoms with Crippen LogP contribution in [0, 0.1) is 21.8 Å². The van der Waals surface area contributed by atoms with Gasteiger partial charge in [0.25, 0.3) is 11.0 Å². The van der Waals surface area contributed by atoms with Gasteiger partial charge in [-0.3, -0.25) is 4.79 Å². The Balaban J connectivity index is 1.35. The van der Waals surface area contributed by atoms with E-state index in [1.807, 2.05) is 0 Å². The first kappa shape index (κ1) is 24.4. The predicted molar refractivity (Wildman–Crippen MR) is 129 cm³/mol. The van der Waals surface area contributed by atoms with Gasteiger partial charge in [0.2, 0.25) is 6.79 Å². The Labute approximate surface area is 212 Å². The zero-order valence-corrected chi connectivity index (χ0v) is 19.9. The van der Waals surface area contributed by atoms with Crippen molar-refractivity contribution in [1.82, 2.24) is 4.90 Å². The number of hydrogen-bond donors (Lipinski definition) is 0. The first-order valence-electron chi connectivity index (χ1n) is 11.9. The van der Waals surface area contributed by atoms with Crippen molar-refractivity contribution < 1.29 is 33.3 Å². The quantitative estimate of drug-likeness (QED) is 0.324. The molecule has 3 aromatic rings. The third-order valence-corrected chi connectivity index (χ3v) is 6.70. The summed E-state index contributed by atoms with van der Waals surface area (Å²) in [5.74, 6) is 1.31. The minimum atomic E-state index is -0.876. The van der Waals surface area contributed by atoms with Gasteiger partial charge in [-0.05, 0) is 53.8 Å². The molecule has 1 saturated heterocycles. The monoisotopic (exact) mass is 508 g/mol. The zero-order valence-electron chi connectivity index (χ0n) is 19.9. The molecule has 5 rings (SSSR count). The molecule has 2 aliphatic rings. The van der Waals surface area contributed by atoms with Gasteiger partial charge in [-0.2, -0.15) is 0 Å². The molecule has 37 heavy (non-hydrogen) atoms. The van der Waals surface area contributed by atoms with Crippen LogP contribution in [0.1, 0.15) is 33.8 Å². The lowest BCUT2D eigenvalue weighted by Crippen LogP contribution is -2.45. The van der Waals surface area contributed by atoms with E-state index in [2.05, 4.69) is 4.84 Å². The molecule has 2 aliphatic heterocycles. The van der Waals surface area contributed by atoms with E-state index >= 15 is 0 Å². The van der Waals surface area contributed by atoms with Crippen molar-refractivity contribution in [1.29, 1.82) is 0 Å². The molecule has 10 heteroatoms. The number of likely N-dealkylation sites (tertiary alicyclic amines) is 1. The molecule has 2 heterocycles. The Kier molecular flexibility index (Phi) is 7.07. The normalized spacial score (nSPS) is 18.4. The van der Waals surface area contributed by atoms with Gasteiger partial charge in [-0.25, -0.2) is 4.39 Å². The third kappa shape index (κ3) is 5.58. The summed E-state index contributed by atoms with van der Waals surface area (Å²) in [5.41, 5.74) is 1.78. The van der Waals surface area contributed by atoms with Crippen molar-refractivity contribution in [2.45, 2.75) is 18.9 Å². The Hall–Kier alpha value is -4.34. The number of nitrogens with zero attached hydrogens (tertiary/aromatic N) is 2. The highest BCUT2D eigenvalue weighted by Gasteiger charge is 2.34. The van der Waals surface area contributed by atoms with Crippen molar-refractivity contribution in [3.05, 3.63) is 99.4 Å². The number of rotatable bonds is 8. The highest BCUT2D eigenvalue weighted by molar-refractivity contribution is 5.95. The van der Waals surface area contributed by atoms with Crippen molar-refractivity contribution >= 4 is 5.91 Å². The second kappa shape index (κ2) is 10.7. The number of carbonyl (C=O) groups is 1. The maximum Gasteiger partial charge on any atom is 0.294 e. The highest BCUT2D eigenvalue weighted by Crippen LogP contribution is 2.37. The van der Waals surface area contributed by atoms with Crippen molar-refractivity contribution in [3.63, 3.8) is 0 Å². The number of carbonyl (C=O) groups excluding carboxylic acids is 1. The van der Waals surface area contributed by atoms with Gasteiger partial charge in [-0.1, -0.05) is 30.3 Å². The summed E-state index contributed by atoms with van der Waals surface area (Å²) < 4.78 is 30.5. The van der Waals surface area contributed by atoms with E-state index in [1.165, 1.54) is 12.1 Å². The van der Waals surface area contributed by atoms with Crippen LogP contribution in [0.15, 0.2) is 66.7 Å². The van der Waals surface area contributed by atoms with Crippen LogP contribution in [0.25, 0.3) is 0 Å². The summed E-state index contributed by atoms with van der Waals surface area (Å²) in [6.45, 7) is 1.05. The number of benzene rings is 3. The number of hydrogen-bond acceptors (Lipinski definition) is 7. The van der Waals surface area contributed by atoms with Gasteiger partial charge in [0.1, 0.15) is 18.2 Å². The summed E-state index contributed by atoms with van der Waals surface area (Å²) in [6, 6.07) is 18.5. The maximum absolute atomic E-state index is 13.6. The van der Waals surface area contributed by atoms with E-state index in [-0.39, 0.29) is 37.0 Å². The van der Waals surface area contributed by atoms with E-state index < -0.39 is 5.09 Å². The zero-order chi connectivity index (χ0) is 25.8. The fraction of sp³-hybridized carbons (Fsp3) is 0.296. The lowest BCUT2D eigenvalue weighted by molar-refractivity contribution is -0.763. The third-order valence-electron chi connectivity index (χ3n) is 6.70. The van der Waals surface area contributed by atoms with Crippen molar-refractivity contribution in [2.24, 2.45) is 5.92 Å². The molecular formula is C27H25FN2O7. The van der Waals surface area contributed by atoms with Crippen LogP contribution >= 0.6 is 0 Å². The Bertz CT molecular complexity index is 1280. The van der Waals surface area contributed by atoms with Crippen LogP contribution in [0.2, 0.25) is 0 Å². The van der Waals surface area contributed by atoms with Gasteiger partial charge < -0.3 is 23.9 Å². The van der Waals surface area contributed by atoms with E-state index in [4.69, 9.17) is 14.2 Å². The van der Waals surface area contributed by atoms with Crippen molar-refractivity contribution in [3.8, 4) is 17.2 Å². The van der Waals surface area contributed by atoms with Gasteiger partial charge in [0.05, 0.1) is 6.61 Å². The molecule has 0 saturated carbocycles. The number of fused-ring (bicyclic) bond motifs is 1. The molecule has 9 nitrogen and oxygen atoms in total. The maximum atomic E-state index is 13.6. The lowest BCUT2D eigenvalue weighted by atomic mass is 9.80. The molecular weight excluding hydrogens is 483 g/mol. The van der Waals surface area contributed by atoms with Gasteiger partial charge >= 0.3 is 0 Å². The van der Waals surface area contributed by atoms with E-state index in [9.17, 15) is 19.3 Å². The highest BCUT2D eigenvalue weighted by atomic mass is 19.1. The number of piperidine rings is 1. The van der Waals surface area contributed by atoms with E-state index in [1.54, 1.807) is 59.5 Å². The summed E-state index contributed by atoms with van der Waals surface area (Å²) in [7, 11) is 0. The molecule has 0 aromatic heterocycles. The minimum Gasteiger partial charge on any atom is -0.493 e. The lowest BCUT2D eigenvalue weighted by Gasteiger charge is -2.39. The molecule has 1 fully saturated rings. The summed E-state index contributed by atoms with van der Waals surface area (Å²) >= 11 is 0. The Morgan fingerprint density at radius 1 is 1.08 bits per heavy atom. The predicted octanol–water partition coefficient (Wildman–Crippen LogP) is 4.59. The Morgan fingerprint density at radius 3 is 2.68 bits per heavy atom. The van der Waals surface area contributed by atoms with Crippen molar-refractivity contribution in [2.75, 3.05) is 26.5 Å². The second-order valence-electron chi connectivity index (χ2n) is 8.94. The largest absolute Gasteiger partial charge is 0.493 e. The fourth-order valence-corrected chi connectivity index (χ4v) is 4.85. The average Bonchev–Trinajstić information content (AvgIpc) is 3.39. The van der Waals surface area contributed by atoms with Crippen LogP contribution in [-0.4, -0.2) is 42.4 Å². The molecule has 192 valence electrons. The van der Waals surface area contributed by atoms with E-state index in [0.717, 1.165) is 5.56 Å². The summed E-state index contributed by atoms with van der Waals surface area (Å²) in [6.07, 6.45) is 0.653. The minimum absolute atomic E-state index is 0.0479. The van der Waals surface area contributed by atoms with Gasteiger partial charge in [0.15, 0.2) is 11.5 Å². The number of amides is 1. The molecule has 0 unspecified atom stereocenters. The number of ether oxygens (including phenoxy) is 3. The smallest absolute Gasteiger partial charge is 0.294 e. The second-order valence-corrected chi connectivity index (χ2v) is 8.94. The average molecular weight is 509 g/mol. The summed E-state index contributed by atoms with van der Waals surface area (Å²) in [5, 5.41) is 9.80. The standard InChI is InChI=1S/C27H25FN2O7/c28-21-7-5-18(6-8-21)23-11-12-29(27(31)24-4-2-1-3-19(24)16-37-30(32)33)14-20(23)15-34-22-9-10-25-26(13-22)36-17-35-25/h1-10,13,20,23H,11-12,14-17H2/t20-,23-/m0/s1. The molecule has 0 aliphatic carbocycles. The van der Waals surface area contributed by atoms with E-state index in [0.29, 0.717) is 54.5 Å². The first-order chi connectivity index (χ1) is 18.0. The molecule has 0 bridgehead atoms. The van der Waals surface area contributed by atoms with Crippen LogP contribution in [0.5, 0.6) is 17.2 Å². The molecule has 0 N–H and O–H groups in total. The molecule has 0 spiro atoms. The first-order valence-corrected chi connectivity index (χ1v) is 11.9. The van der Waals surface area contributed by atoms with Gasteiger partial charge in [-0.15, -0.1) is 10.1 Å². The molecule has 2 atom stereocenters. The Morgan fingerprint density at radius 2 is 1.86 bits per heavy atom. The SMILES string of the molecule is O=C(c1ccccc1CO[N+](=O)[O-])N1CC[C@@H](c2ccc(F)cc2)[C@H](COc2ccc3c(c2)OCO3)C1. The molecule has 3 aromatic carbocycles. The van der Waals surface area contributed by atoms with Crippen LogP contribution in [-0.2, 0) is 11.4 Å². The van der Waals surface area contributed by atoms with Crippen LogP contribution in [0.4, 0.5) is 4.39 Å². The number of halogens is 1.